The molecule has 1 rings (SSSR count). The molecule has 1 fully saturated rings. The van der Waals surface area contributed by atoms with Crippen LogP contribution in [0.15, 0.2) is 0 Å². The molecule has 2 N–H and O–H groups in total. The largest absolute Gasteiger partial charge is 0.352 e. The number of nitrogens with one attached hydrogen (secondary N) is 2. The first-order valence-electron chi connectivity index (χ1n) is 6.61. The standard InChI is InChI=1S/C13H25N3O2.ClH/c1-10(2)15-11(17)8-16(4)12(18)13(3)6-5-7-14-9-13;/h10,14H,5-9H2,1-4H3,(H,15,17);1H. The third-order valence-electron chi connectivity index (χ3n) is 3.29. The molecule has 1 heterocycles. The zero-order valence-electron chi connectivity index (χ0n) is 12.3. The summed E-state index contributed by atoms with van der Waals surface area (Å²) in [7, 11) is 1.70. The van der Waals surface area contributed by atoms with E-state index in [0.717, 1.165) is 19.4 Å². The van der Waals surface area contributed by atoms with Crippen LogP contribution in [0.2, 0.25) is 0 Å². The van der Waals surface area contributed by atoms with Gasteiger partial charge in [-0.25, -0.2) is 0 Å². The molecule has 0 aliphatic carbocycles. The predicted molar refractivity (Wildman–Crippen MR) is 78.4 cm³/mol. The molecule has 1 aliphatic rings. The van der Waals surface area contributed by atoms with Crippen LogP contribution in [0.5, 0.6) is 0 Å². The minimum absolute atomic E-state index is 0. The van der Waals surface area contributed by atoms with E-state index in [9.17, 15) is 9.59 Å². The first-order valence-corrected chi connectivity index (χ1v) is 6.61. The van der Waals surface area contributed by atoms with E-state index in [2.05, 4.69) is 10.6 Å². The molecule has 1 aliphatic heterocycles. The number of nitrogens with zero attached hydrogens (tertiary/aromatic N) is 1. The van der Waals surface area contributed by atoms with Gasteiger partial charge in [-0.1, -0.05) is 0 Å². The molecule has 0 aromatic heterocycles. The van der Waals surface area contributed by atoms with Crippen LogP contribution in [0.4, 0.5) is 0 Å². The van der Waals surface area contributed by atoms with Crippen LogP contribution in [0.3, 0.4) is 0 Å². The van der Waals surface area contributed by atoms with E-state index in [1.54, 1.807) is 7.05 Å². The Balaban J connectivity index is 0.00000324. The van der Waals surface area contributed by atoms with Crippen molar-refractivity contribution in [1.82, 2.24) is 15.5 Å². The van der Waals surface area contributed by atoms with Crippen molar-refractivity contribution in [3.63, 3.8) is 0 Å². The molecule has 6 heteroatoms. The fraction of sp³-hybridized carbons (Fsp3) is 0.846. The molecule has 0 saturated carbocycles. The zero-order valence-corrected chi connectivity index (χ0v) is 13.1. The predicted octanol–water partition coefficient (Wildman–Crippen LogP) is 0.781. The van der Waals surface area contributed by atoms with Crippen LogP contribution in [-0.2, 0) is 9.59 Å². The smallest absolute Gasteiger partial charge is 0.239 e. The van der Waals surface area contributed by atoms with Crippen molar-refractivity contribution in [2.75, 3.05) is 26.7 Å². The van der Waals surface area contributed by atoms with Gasteiger partial charge in [0.1, 0.15) is 0 Å². The van der Waals surface area contributed by atoms with Crippen molar-refractivity contribution in [1.29, 1.82) is 0 Å². The van der Waals surface area contributed by atoms with Gasteiger partial charge in [0.15, 0.2) is 0 Å². The van der Waals surface area contributed by atoms with Crippen molar-refractivity contribution in [2.45, 2.75) is 39.7 Å². The van der Waals surface area contributed by atoms with Gasteiger partial charge < -0.3 is 15.5 Å². The number of amides is 2. The van der Waals surface area contributed by atoms with Gasteiger partial charge in [0, 0.05) is 19.6 Å². The Bertz CT molecular complexity index is 315. The first-order chi connectivity index (χ1) is 8.35. The molecule has 1 unspecified atom stereocenters. The fourth-order valence-corrected chi connectivity index (χ4v) is 2.35. The van der Waals surface area contributed by atoms with Crippen LogP contribution >= 0.6 is 12.4 Å². The summed E-state index contributed by atoms with van der Waals surface area (Å²) in [5, 5.41) is 6.04. The minimum atomic E-state index is -0.370. The number of carbonyl (C=O) groups excluding carboxylic acids is 2. The number of piperidine rings is 1. The lowest BCUT2D eigenvalue weighted by Gasteiger charge is -2.35. The Kier molecular flexibility index (Phi) is 7.37. The highest BCUT2D eigenvalue weighted by Crippen LogP contribution is 2.27. The molecule has 0 spiro atoms. The van der Waals surface area contributed by atoms with Gasteiger partial charge in [-0.15, -0.1) is 12.4 Å². The average Bonchev–Trinajstić information content (AvgIpc) is 2.27. The maximum Gasteiger partial charge on any atom is 0.239 e. The number of hydrogen-bond donors (Lipinski definition) is 2. The molecule has 112 valence electrons. The Hall–Kier alpha value is -0.810. The summed E-state index contributed by atoms with van der Waals surface area (Å²) in [5.74, 6) is -0.0539. The van der Waals surface area contributed by atoms with Crippen molar-refractivity contribution in [3.8, 4) is 0 Å². The summed E-state index contributed by atoms with van der Waals surface area (Å²) in [6.45, 7) is 7.59. The summed E-state index contributed by atoms with van der Waals surface area (Å²) < 4.78 is 0. The maximum atomic E-state index is 12.3. The quantitative estimate of drug-likeness (QED) is 0.805. The lowest BCUT2D eigenvalue weighted by molar-refractivity contribution is -0.143. The van der Waals surface area contributed by atoms with E-state index in [-0.39, 0.29) is 42.2 Å². The fourth-order valence-electron chi connectivity index (χ4n) is 2.35. The molecule has 5 nitrogen and oxygen atoms in total. The molecular formula is C13H26ClN3O2. The van der Waals surface area contributed by atoms with E-state index >= 15 is 0 Å². The van der Waals surface area contributed by atoms with Gasteiger partial charge in [-0.3, -0.25) is 9.59 Å². The van der Waals surface area contributed by atoms with Gasteiger partial charge in [0.05, 0.1) is 12.0 Å². The number of likely N-dealkylation sites (N-methyl/N-ethyl adjacent to an activating group) is 1. The molecule has 0 aromatic carbocycles. The van der Waals surface area contributed by atoms with Gasteiger partial charge in [-0.2, -0.15) is 0 Å². The van der Waals surface area contributed by atoms with Gasteiger partial charge in [0.2, 0.25) is 11.8 Å². The van der Waals surface area contributed by atoms with Crippen LogP contribution < -0.4 is 10.6 Å². The van der Waals surface area contributed by atoms with Crippen LogP contribution in [0.25, 0.3) is 0 Å². The second-order valence-corrected chi connectivity index (χ2v) is 5.72. The number of halogens is 1. The Labute approximate surface area is 121 Å². The molecule has 0 bridgehead atoms. The molecule has 1 saturated heterocycles. The van der Waals surface area contributed by atoms with E-state index in [1.165, 1.54) is 4.90 Å². The minimum Gasteiger partial charge on any atom is -0.352 e. The highest BCUT2D eigenvalue weighted by Gasteiger charge is 2.36. The molecular weight excluding hydrogens is 266 g/mol. The molecule has 0 radical (unpaired) electrons. The second-order valence-electron chi connectivity index (χ2n) is 5.72. The maximum absolute atomic E-state index is 12.3. The van der Waals surface area contributed by atoms with Gasteiger partial charge in [-0.05, 0) is 40.2 Å². The summed E-state index contributed by atoms with van der Waals surface area (Å²) in [5.41, 5.74) is -0.370. The Morgan fingerprint density at radius 1 is 1.42 bits per heavy atom. The zero-order chi connectivity index (χ0) is 13.8. The summed E-state index contributed by atoms with van der Waals surface area (Å²) >= 11 is 0. The lowest BCUT2D eigenvalue weighted by Crippen LogP contribution is -2.51. The van der Waals surface area contributed by atoms with E-state index in [4.69, 9.17) is 0 Å². The highest BCUT2D eigenvalue weighted by molar-refractivity contribution is 5.87. The monoisotopic (exact) mass is 291 g/mol. The van der Waals surface area contributed by atoms with Crippen molar-refractivity contribution in [3.05, 3.63) is 0 Å². The van der Waals surface area contributed by atoms with E-state index in [1.807, 2.05) is 20.8 Å². The van der Waals surface area contributed by atoms with E-state index in [0.29, 0.717) is 6.54 Å². The number of carbonyl (C=O) groups is 2. The van der Waals surface area contributed by atoms with Gasteiger partial charge >= 0.3 is 0 Å². The summed E-state index contributed by atoms with van der Waals surface area (Å²) in [4.78, 5) is 25.5. The summed E-state index contributed by atoms with van der Waals surface area (Å²) in [6.07, 6.45) is 1.89. The van der Waals surface area contributed by atoms with Crippen LogP contribution in [0, 0.1) is 5.41 Å². The SMILES string of the molecule is CC(C)NC(=O)CN(C)C(=O)C1(C)CCCNC1.Cl. The Morgan fingerprint density at radius 3 is 2.53 bits per heavy atom. The number of rotatable bonds is 4. The molecule has 19 heavy (non-hydrogen) atoms. The third-order valence-corrected chi connectivity index (χ3v) is 3.29. The van der Waals surface area contributed by atoms with Crippen molar-refractivity contribution in [2.24, 2.45) is 5.41 Å². The molecule has 1 atom stereocenters. The van der Waals surface area contributed by atoms with Crippen molar-refractivity contribution < 1.29 is 9.59 Å². The second kappa shape index (κ2) is 7.70. The van der Waals surface area contributed by atoms with Gasteiger partial charge in [0.25, 0.3) is 0 Å². The average molecular weight is 292 g/mol. The highest BCUT2D eigenvalue weighted by atomic mass is 35.5. The van der Waals surface area contributed by atoms with Crippen molar-refractivity contribution >= 4 is 24.2 Å². The summed E-state index contributed by atoms with van der Waals surface area (Å²) in [6, 6.07) is 0.105. The third kappa shape index (κ3) is 5.37. The molecule has 2 amide bonds. The lowest BCUT2D eigenvalue weighted by atomic mass is 9.81. The first kappa shape index (κ1) is 18.2. The van der Waals surface area contributed by atoms with Crippen LogP contribution in [-0.4, -0.2) is 49.4 Å². The number of hydrogen-bond acceptors (Lipinski definition) is 3. The normalized spacial score (nSPS) is 22.6. The Morgan fingerprint density at radius 2 is 2.05 bits per heavy atom. The van der Waals surface area contributed by atoms with Crippen LogP contribution in [0.1, 0.15) is 33.6 Å². The van der Waals surface area contributed by atoms with E-state index < -0.39 is 0 Å². The molecule has 0 aromatic rings. The topological polar surface area (TPSA) is 61.4 Å².